The predicted octanol–water partition coefficient (Wildman–Crippen LogP) is 2.01. The van der Waals surface area contributed by atoms with Crippen molar-refractivity contribution in [2.75, 3.05) is 19.6 Å². The number of piperidine rings is 1. The van der Waals surface area contributed by atoms with E-state index in [1.54, 1.807) is 0 Å². The summed E-state index contributed by atoms with van der Waals surface area (Å²) in [7, 11) is -3.54. The number of sulfonamides is 1. The van der Waals surface area contributed by atoms with Crippen molar-refractivity contribution < 1.29 is 18.3 Å². The van der Waals surface area contributed by atoms with E-state index in [9.17, 15) is 13.2 Å². The van der Waals surface area contributed by atoms with Crippen molar-refractivity contribution >= 4 is 27.7 Å². The van der Waals surface area contributed by atoms with E-state index < -0.39 is 16.1 Å². The van der Waals surface area contributed by atoms with Crippen LogP contribution in [0.5, 0.6) is 0 Å². The molecule has 0 unspecified atom stereocenters. The van der Waals surface area contributed by atoms with Gasteiger partial charge >= 0.3 is 6.09 Å². The Morgan fingerprint density at radius 2 is 1.86 bits per heavy atom. The first-order valence-corrected chi connectivity index (χ1v) is 8.48. The number of rotatable bonds is 4. The van der Waals surface area contributed by atoms with Crippen molar-refractivity contribution in [3.8, 4) is 0 Å². The molecule has 1 aliphatic heterocycles. The second-order valence-electron chi connectivity index (χ2n) is 5.02. The Morgan fingerprint density at radius 1 is 1.29 bits per heavy atom. The molecule has 0 aromatic heterocycles. The van der Waals surface area contributed by atoms with Gasteiger partial charge < -0.3 is 10.0 Å². The smallest absolute Gasteiger partial charge is 0.407 e. The molecule has 1 aliphatic rings. The molecule has 1 aromatic carbocycles. The number of amides is 1. The number of halogens is 1. The summed E-state index contributed by atoms with van der Waals surface area (Å²) in [5, 5.41) is 9.34. The van der Waals surface area contributed by atoms with Crippen LogP contribution in [0.3, 0.4) is 0 Å². The summed E-state index contributed by atoms with van der Waals surface area (Å²) >= 11 is 5.73. The summed E-state index contributed by atoms with van der Waals surface area (Å²) in [6, 6.07) is 5.97. The highest BCUT2D eigenvalue weighted by molar-refractivity contribution is 7.89. The Labute approximate surface area is 128 Å². The fourth-order valence-electron chi connectivity index (χ4n) is 2.25. The van der Waals surface area contributed by atoms with Gasteiger partial charge in [-0.15, -0.1) is 0 Å². The van der Waals surface area contributed by atoms with E-state index in [0.717, 1.165) is 0 Å². The highest BCUT2D eigenvalue weighted by Crippen LogP contribution is 2.18. The molecule has 0 bridgehead atoms. The number of hydrogen-bond acceptors (Lipinski definition) is 3. The van der Waals surface area contributed by atoms with Gasteiger partial charge in [-0.05, 0) is 43.0 Å². The zero-order valence-corrected chi connectivity index (χ0v) is 12.9. The zero-order chi connectivity index (χ0) is 15.5. The molecule has 1 heterocycles. The highest BCUT2D eigenvalue weighted by atomic mass is 35.5. The molecule has 1 saturated heterocycles. The SMILES string of the molecule is O=C(O)N1CCC(CNS(=O)(=O)c2ccc(Cl)cc2)CC1. The van der Waals surface area contributed by atoms with Crippen molar-refractivity contribution in [1.82, 2.24) is 9.62 Å². The predicted molar refractivity (Wildman–Crippen MR) is 79.0 cm³/mol. The lowest BCUT2D eigenvalue weighted by Crippen LogP contribution is -2.40. The summed E-state index contributed by atoms with van der Waals surface area (Å²) < 4.78 is 26.8. The molecule has 21 heavy (non-hydrogen) atoms. The molecule has 2 N–H and O–H groups in total. The van der Waals surface area contributed by atoms with Gasteiger partial charge in [-0.2, -0.15) is 0 Å². The number of nitrogens with zero attached hydrogens (tertiary/aromatic N) is 1. The molecular weight excluding hydrogens is 316 g/mol. The van der Waals surface area contributed by atoms with Crippen LogP contribution in [0.2, 0.25) is 5.02 Å². The number of carbonyl (C=O) groups is 1. The van der Waals surface area contributed by atoms with Crippen molar-refractivity contribution in [1.29, 1.82) is 0 Å². The number of likely N-dealkylation sites (tertiary alicyclic amines) is 1. The summed E-state index contributed by atoms with van der Waals surface area (Å²) in [6.07, 6.45) is 0.403. The minimum atomic E-state index is -3.54. The topological polar surface area (TPSA) is 86.7 Å². The second-order valence-corrected chi connectivity index (χ2v) is 7.22. The zero-order valence-electron chi connectivity index (χ0n) is 11.3. The fourth-order valence-corrected chi connectivity index (χ4v) is 3.50. The van der Waals surface area contributed by atoms with Gasteiger partial charge in [0.05, 0.1) is 4.90 Å². The molecule has 1 amide bonds. The van der Waals surface area contributed by atoms with E-state index in [1.165, 1.54) is 29.2 Å². The van der Waals surface area contributed by atoms with Crippen molar-refractivity contribution in [3.05, 3.63) is 29.3 Å². The van der Waals surface area contributed by atoms with Crippen molar-refractivity contribution in [2.24, 2.45) is 5.92 Å². The van der Waals surface area contributed by atoms with Crippen LogP contribution >= 0.6 is 11.6 Å². The standard InChI is InChI=1S/C13H17ClN2O4S/c14-11-1-3-12(4-2-11)21(19,20)15-9-10-5-7-16(8-6-10)13(17)18/h1-4,10,15H,5-9H2,(H,17,18). The van der Waals surface area contributed by atoms with Crippen LogP contribution in [0.25, 0.3) is 0 Å². The Morgan fingerprint density at radius 3 is 2.38 bits per heavy atom. The molecule has 0 atom stereocenters. The highest BCUT2D eigenvalue weighted by Gasteiger charge is 2.24. The summed E-state index contributed by atoms with van der Waals surface area (Å²) in [6.45, 7) is 1.21. The number of benzene rings is 1. The first-order chi connectivity index (χ1) is 9.88. The minimum Gasteiger partial charge on any atom is -0.465 e. The largest absolute Gasteiger partial charge is 0.465 e. The lowest BCUT2D eigenvalue weighted by molar-refractivity contribution is 0.125. The molecule has 8 heteroatoms. The molecule has 116 valence electrons. The Balaban J connectivity index is 1.88. The molecule has 1 fully saturated rings. The molecule has 0 aliphatic carbocycles. The molecule has 0 spiro atoms. The third kappa shape index (κ3) is 4.33. The van der Waals surface area contributed by atoms with Gasteiger partial charge in [0.1, 0.15) is 0 Å². The number of nitrogens with one attached hydrogen (secondary N) is 1. The molecule has 0 radical (unpaired) electrons. The number of carboxylic acid groups (broad SMARTS) is 1. The first kappa shape index (κ1) is 16.1. The van der Waals surface area contributed by atoms with E-state index in [2.05, 4.69) is 4.72 Å². The first-order valence-electron chi connectivity index (χ1n) is 6.61. The van der Waals surface area contributed by atoms with Crippen LogP contribution in [-0.4, -0.2) is 44.2 Å². The van der Waals surface area contributed by atoms with Gasteiger partial charge in [0.25, 0.3) is 0 Å². The molecule has 1 aromatic rings. The van der Waals surface area contributed by atoms with Crippen LogP contribution < -0.4 is 4.72 Å². The van der Waals surface area contributed by atoms with E-state index in [-0.39, 0.29) is 10.8 Å². The van der Waals surface area contributed by atoms with Crippen LogP contribution in [0.4, 0.5) is 4.79 Å². The Kier molecular flexibility index (Phi) is 5.08. The van der Waals surface area contributed by atoms with Gasteiger partial charge in [-0.3, -0.25) is 0 Å². The van der Waals surface area contributed by atoms with Crippen LogP contribution in [0, 0.1) is 5.92 Å². The second kappa shape index (κ2) is 6.64. The van der Waals surface area contributed by atoms with Gasteiger partial charge in [0.2, 0.25) is 10.0 Å². The third-order valence-electron chi connectivity index (χ3n) is 3.57. The lowest BCUT2D eigenvalue weighted by Gasteiger charge is -2.29. The van der Waals surface area contributed by atoms with Crippen molar-refractivity contribution in [3.63, 3.8) is 0 Å². The maximum Gasteiger partial charge on any atom is 0.407 e. The lowest BCUT2D eigenvalue weighted by atomic mass is 9.97. The van der Waals surface area contributed by atoms with E-state index in [0.29, 0.717) is 37.5 Å². The van der Waals surface area contributed by atoms with Gasteiger partial charge in [-0.1, -0.05) is 11.6 Å². The normalized spacial score (nSPS) is 16.9. The van der Waals surface area contributed by atoms with E-state index >= 15 is 0 Å². The quantitative estimate of drug-likeness (QED) is 0.883. The van der Waals surface area contributed by atoms with Gasteiger partial charge in [0, 0.05) is 24.7 Å². The fraction of sp³-hybridized carbons (Fsp3) is 0.462. The van der Waals surface area contributed by atoms with Crippen LogP contribution in [0.15, 0.2) is 29.2 Å². The summed E-state index contributed by atoms with van der Waals surface area (Å²) in [5.41, 5.74) is 0. The van der Waals surface area contributed by atoms with Gasteiger partial charge in [0.15, 0.2) is 0 Å². The van der Waals surface area contributed by atoms with Crippen LogP contribution in [0.1, 0.15) is 12.8 Å². The van der Waals surface area contributed by atoms with Gasteiger partial charge in [-0.25, -0.2) is 17.9 Å². The Bertz CT molecular complexity index is 595. The van der Waals surface area contributed by atoms with E-state index in [4.69, 9.17) is 16.7 Å². The Hall–Kier alpha value is -1.31. The summed E-state index contributed by atoms with van der Waals surface area (Å²) in [4.78, 5) is 12.3. The summed E-state index contributed by atoms with van der Waals surface area (Å²) in [5.74, 6) is 0.155. The molecular formula is C13H17ClN2O4S. The maximum absolute atomic E-state index is 12.1. The monoisotopic (exact) mass is 332 g/mol. The molecule has 0 saturated carbocycles. The third-order valence-corrected chi connectivity index (χ3v) is 5.26. The average molecular weight is 333 g/mol. The number of hydrogen-bond donors (Lipinski definition) is 2. The van der Waals surface area contributed by atoms with E-state index in [1.807, 2.05) is 0 Å². The average Bonchev–Trinajstić information content (AvgIpc) is 2.46. The van der Waals surface area contributed by atoms with Crippen molar-refractivity contribution in [2.45, 2.75) is 17.7 Å². The molecule has 2 rings (SSSR count). The maximum atomic E-state index is 12.1. The van der Waals surface area contributed by atoms with Crippen LogP contribution in [-0.2, 0) is 10.0 Å². The molecule has 6 nitrogen and oxygen atoms in total. The minimum absolute atomic E-state index is 0.155.